The highest BCUT2D eigenvalue weighted by Gasteiger charge is 2.58. The molecule has 5 nitrogen and oxygen atoms in total. The van der Waals surface area contributed by atoms with Crippen molar-refractivity contribution in [3.05, 3.63) is 11.1 Å². The second-order valence-corrected chi connectivity index (χ2v) is 6.03. The standard InChI is InChI=1S/C14H18O5/c1-8(15)9-2-4-13-6-11(19-7-13)14(18,12(16)17)5-3-10(9)13/h11,18H,2-7H2,1H3,(H,16,17). The lowest BCUT2D eigenvalue weighted by molar-refractivity contribution is -0.174. The highest BCUT2D eigenvalue weighted by Crippen LogP contribution is 2.56. The van der Waals surface area contributed by atoms with Crippen molar-refractivity contribution in [1.29, 1.82) is 0 Å². The zero-order valence-electron chi connectivity index (χ0n) is 10.9. The van der Waals surface area contributed by atoms with Gasteiger partial charge in [-0.1, -0.05) is 5.57 Å². The summed E-state index contributed by atoms with van der Waals surface area (Å²) in [5.41, 5.74) is -0.146. The summed E-state index contributed by atoms with van der Waals surface area (Å²) in [6.07, 6.45) is 2.06. The molecule has 3 atom stereocenters. The zero-order valence-corrected chi connectivity index (χ0v) is 10.9. The normalized spacial score (nSPS) is 41.1. The van der Waals surface area contributed by atoms with Crippen LogP contribution in [0.15, 0.2) is 11.1 Å². The fourth-order valence-electron chi connectivity index (χ4n) is 3.94. The van der Waals surface area contributed by atoms with Gasteiger partial charge in [-0.15, -0.1) is 0 Å². The minimum Gasteiger partial charge on any atom is -0.479 e. The molecule has 0 aromatic carbocycles. The second-order valence-electron chi connectivity index (χ2n) is 6.03. The number of rotatable bonds is 2. The summed E-state index contributed by atoms with van der Waals surface area (Å²) in [7, 11) is 0. The Morgan fingerprint density at radius 1 is 1.32 bits per heavy atom. The molecule has 1 spiro atoms. The molecule has 1 aliphatic heterocycles. The molecular weight excluding hydrogens is 248 g/mol. The van der Waals surface area contributed by atoms with Gasteiger partial charge < -0.3 is 14.9 Å². The number of aliphatic hydroxyl groups is 1. The van der Waals surface area contributed by atoms with Gasteiger partial charge in [0.1, 0.15) is 0 Å². The number of carbonyl (C=O) groups excluding carboxylic acids is 1. The summed E-state index contributed by atoms with van der Waals surface area (Å²) >= 11 is 0. The molecule has 1 heterocycles. The third-order valence-electron chi connectivity index (χ3n) is 5.08. The Hall–Kier alpha value is -1.20. The Bertz CT molecular complexity index is 494. The molecule has 0 aromatic heterocycles. The van der Waals surface area contributed by atoms with E-state index in [9.17, 15) is 19.8 Å². The van der Waals surface area contributed by atoms with Gasteiger partial charge in [0.25, 0.3) is 0 Å². The van der Waals surface area contributed by atoms with Gasteiger partial charge in [-0.2, -0.15) is 0 Å². The van der Waals surface area contributed by atoms with Crippen LogP contribution >= 0.6 is 0 Å². The molecule has 3 rings (SSSR count). The first kappa shape index (κ1) is 12.8. The summed E-state index contributed by atoms with van der Waals surface area (Å²) in [6, 6.07) is 0. The number of Topliss-reactive ketones (excluding diaryl/α,β-unsaturated/α-hetero) is 1. The third kappa shape index (κ3) is 1.61. The molecule has 2 fully saturated rings. The monoisotopic (exact) mass is 266 g/mol. The Kier molecular flexibility index (Phi) is 2.63. The van der Waals surface area contributed by atoms with Crippen LogP contribution in [0, 0.1) is 5.41 Å². The number of aliphatic carboxylic acids is 1. The number of carboxylic acids is 1. The topological polar surface area (TPSA) is 83.8 Å². The number of carbonyl (C=O) groups is 2. The van der Waals surface area contributed by atoms with Crippen molar-refractivity contribution in [3.8, 4) is 0 Å². The van der Waals surface area contributed by atoms with Gasteiger partial charge in [0, 0.05) is 5.41 Å². The largest absolute Gasteiger partial charge is 0.479 e. The first-order valence-electron chi connectivity index (χ1n) is 6.70. The maximum absolute atomic E-state index is 11.7. The lowest BCUT2D eigenvalue weighted by atomic mass is 9.78. The van der Waals surface area contributed by atoms with Crippen molar-refractivity contribution in [2.45, 2.75) is 50.7 Å². The molecule has 3 aliphatic rings. The Morgan fingerprint density at radius 3 is 2.68 bits per heavy atom. The minimum atomic E-state index is -1.82. The first-order chi connectivity index (χ1) is 8.89. The van der Waals surface area contributed by atoms with Gasteiger partial charge in [0.05, 0.1) is 12.7 Å². The molecule has 0 radical (unpaired) electrons. The number of carboxylic acid groups (broad SMARTS) is 1. The highest BCUT2D eigenvalue weighted by molar-refractivity contribution is 5.95. The van der Waals surface area contributed by atoms with Crippen molar-refractivity contribution in [2.24, 2.45) is 5.41 Å². The summed E-state index contributed by atoms with van der Waals surface area (Å²) in [6.45, 7) is 1.99. The molecule has 19 heavy (non-hydrogen) atoms. The van der Waals surface area contributed by atoms with Crippen LogP contribution in [0.2, 0.25) is 0 Å². The van der Waals surface area contributed by atoms with Crippen LogP contribution in [-0.4, -0.2) is 40.3 Å². The summed E-state index contributed by atoms with van der Waals surface area (Å²) < 4.78 is 5.59. The predicted molar refractivity (Wildman–Crippen MR) is 65.6 cm³/mol. The summed E-state index contributed by atoms with van der Waals surface area (Å²) in [5, 5.41) is 19.6. The van der Waals surface area contributed by atoms with Gasteiger partial charge in [-0.05, 0) is 44.6 Å². The van der Waals surface area contributed by atoms with E-state index < -0.39 is 17.7 Å². The molecule has 2 bridgehead atoms. The molecule has 1 saturated carbocycles. The van der Waals surface area contributed by atoms with Crippen LogP contribution in [-0.2, 0) is 14.3 Å². The van der Waals surface area contributed by atoms with Crippen LogP contribution in [0.3, 0.4) is 0 Å². The number of allylic oxidation sites excluding steroid dienone is 1. The van der Waals surface area contributed by atoms with E-state index in [2.05, 4.69) is 0 Å². The zero-order chi connectivity index (χ0) is 13.8. The van der Waals surface area contributed by atoms with Crippen LogP contribution in [0.4, 0.5) is 0 Å². The smallest absolute Gasteiger partial charge is 0.338 e. The van der Waals surface area contributed by atoms with Gasteiger partial charge in [0.2, 0.25) is 0 Å². The van der Waals surface area contributed by atoms with E-state index in [4.69, 9.17) is 4.74 Å². The Morgan fingerprint density at radius 2 is 2.05 bits per heavy atom. The summed E-state index contributed by atoms with van der Waals surface area (Å²) in [4.78, 5) is 23.0. The number of ether oxygens (including phenoxy) is 1. The Labute approximate surface area is 111 Å². The van der Waals surface area contributed by atoms with Crippen molar-refractivity contribution in [3.63, 3.8) is 0 Å². The van der Waals surface area contributed by atoms with Gasteiger partial charge >= 0.3 is 5.97 Å². The maximum atomic E-state index is 11.7. The van der Waals surface area contributed by atoms with E-state index in [1.807, 2.05) is 0 Å². The average molecular weight is 266 g/mol. The third-order valence-corrected chi connectivity index (χ3v) is 5.08. The number of hydrogen-bond acceptors (Lipinski definition) is 4. The van der Waals surface area contributed by atoms with Crippen LogP contribution in [0.25, 0.3) is 0 Å². The number of hydrogen-bond donors (Lipinski definition) is 2. The average Bonchev–Trinajstić information content (AvgIpc) is 2.89. The molecule has 2 N–H and O–H groups in total. The van der Waals surface area contributed by atoms with Crippen molar-refractivity contribution < 1.29 is 24.5 Å². The van der Waals surface area contributed by atoms with Crippen LogP contribution in [0.5, 0.6) is 0 Å². The SMILES string of the molecule is CC(=O)C1=C2CCC(O)(C(=O)O)C3CC2(CC1)CO3. The van der Waals surface area contributed by atoms with E-state index in [0.717, 1.165) is 24.0 Å². The van der Waals surface area contributed by atoms with Crippen LogP contribution in [0.1, 0.15) is 39.0 Å². The lowest BCUT2D eigenvalue weighted by Crippen LogP contribution is -2.49. The quantitative estimate of drug-likeness (QED) is 0.780. The molecule has 5 heteroatoms. The Balaban J connectivity index is 2.05. The molecule has 0 aromatic rings. The lowest BCUT2D eigenvalue weighted by Gasteiger charge is -2.28. The van der Waals surface area contributed by atoms with Gasteiger partial charge in [-0.25, -0.2) is 4.79 Å². The van der Waals surface area contributed by atoms with E-state index in [1.165, 1.54) is 0 Å². The van der Waals surface area contributed by atoms with Crippen molar-refractivity contribution in [2.75, 3.05) is 6.61 Å². The first-order valence-corrected chi connectivity index (χ1v) is 6.70. The number of fused-ring (bicyclic) bond motifs is 1. The van der Waals surface area contributed by atoms with Crippen molar-refractivity contribution in [1.82, 2.24) is 0 Å². The highest BCUT2D eigenvalue weighted by atomic mass is 16.5. The molecule has 1 saturated heterocycles. The molecular formula is C14H18O5. The molecule has 104 valence electrons. The molecule has 2 aliphatic carbocycles. The molecule has 0 amide bonds. The van der Waals surface area contributed by atoms with Crippen LogP contribution < -0.4 is 0 Å². The van der Waals surface area contributed by atoms with E-state index in [0.29, 0.717) is 19.4 Å². The fraction of sp³-hybridized carbons (Fsp3) is 0.714. The number of ketones is 1. The van der Waals surface area contributed by atoms with Crippen molar-refractivity contribution >= 4 is 11.8 Å². The van der Waals surface area contributed by atoms with E-state index >= 15 is 0 Å². The van der Waals surface area contributed by atoms with Gasteiger partial charge in [0.15, 0.2) is 11.4 Å². The van der Waals surface area contributed by atoms with E-state index in [-0.39, 0.29) is 17.6 Å². The fourth-order valence-corrected chi connectivity index (χ4v) is 3.94. The second kappa shape index (κ2) is 3.90. The van der Waals surface area contributed by atoms with Gasteiger partial charge in [-0.3, -0.25) is 4.79 Å². The predicted octanol–water partition coefficient (Wildman–Crippen LogP) is 1.05. The summed E-state index contributed by atoms with van der Waals surface area (Å²) in [5.74, 6) is -1.16. The molecule has 3 unspecified atom stereocenters. The maximum Gasteiger partial charge on any atom is 0.338 e. The minimum absolute atomic E-state index is 0.0658. The van der Waals surface area contributed by atoms with E-state index in [1.54, 1.807) is 6.92 Å².